The maximum Gasteiger partial charge on any atom is 0.323 e. The average Bonchev–Trinajstić information content (AvgIpc) is 2.75. The summed E-state index contributed by atoms with van der Waals surface area (Å²) >= 11 is 4.89. The molecule has 5 N–H and O–H groups in total. The summed E-state index contributed by atoms with van der Waals surface area (Å²) < 4.78 is 48.7. The molecule has 2 aliphatic heterocycles. The third-order valence-electron chi connectivity index (χ3n) is 3.64. The van der Waals surface area contributed by atoms with Crippen LogP contribution in [0.1, 0.15) is 18.0 Å². The summed E-state index contributed by atoms with van der Waals surface area (Å²) in [7, 11) is 0. The second kappa shape index (κ2) is 7.34. The molecular weight excluding hydrogens is 353 g/mol. The number of thiocarbonyl (C=S) groups is 1. The van der Waals surface area contributed by atoms with E-state index in [9.17, 15) is 15.0 Å². The molecule has 0 amide bonds. The third-order valence-corrected chi connectivity index (χ3v) is 3.88. The number of carbonyl (C=O) groups is 1. The number of nitrogens with two attached hydrogens (primary N) is 1. The van der Waals surface area contributed by atoms with Gasteiger partial charge in [0.15, 0.2) is 12.8 Å². The molecule has 0 aromatic carbocycles. The number of aliphatic hydroxyl groups is 2. The van der Waals surface area contributed by atoms with Crippen molar-refractivity contribution in [1.82, 2.24) is 10.2 Å². The molecule has 25 heavy (non-hydrogen) atoms. The standard InChI is InChI=1S/C15H22FN3O5S/c1-7(2)10(17)14(22)23-6-15(16)12(21)11(20)13(24-15)19-5-4-9(25)18-8(19)3/h4-5,7,10-13,20-21H,3,6,17H2,1-2H3,(H,18,25)/t10-,11+,12-,13+,15+/m0/s1/i6D2,13D. The molecule has 8 nitrogen and oxygen atoms in total. The number of aliphatic hydroxyl groups excluding tert-OH is 2. The molecule has 5 atom stereocenters. The summed E-state index contributed by atoms with van der Waals surface area (Å²) in [5, 5.41) is 23.0. The summed E-state index contributed by atoms with van der Waals surface area (Å²) in [6.45, 7) is 3.12. The van der Waals surface area contributed by atoms with Crippen LogP contribution in [0.15, 0.2) is 24.7 Å². The van der Waals surface area contributed by atoms with Crippen LogP contribution in [0, 0.1) is 5.92 Å². The Balaban J connectivity index is 2.35. The number of nitrogens with one attached hydrogen (secondary N) is 1. The summed E-state index contributed by atoms with van der Waals surface area (Å²) in [6.07, 6.45) is -5.17. The number of hydrogen-bond donors (Lipinski definition) is 4. The highest BCUT2D eigenvalue weighted by Crippen LogP contribution is 2.36. The maximum absolute atomic E-state index is 15.4. The lowest BCUT2D eigenvalue weighted by Crippen LogP contribution is -2.46. The Kier molecular flexibility index (Phi) is 4.59. The minimum absolute atomic E-state index is 0.0858. The number of esters is 1. The first-order valence-corrected chi connectivity index (χ1v) is 7.79. The lowest BCUT2D eigenvalue weighted by atomic mass is 10.1. The van der Waals surface area contributed by atoms with Crippen molar-refractivity contribution in [2.24, 2.45) is 11.7 Å². The monoisotopic (exact) mass is 378 g/mol. The number of alkyl halides is 1. The molecule has 0 unspecified atom stereocenters. The minimum Gasteiger partial charge on any atom is -0.458 e. The van der Waals surface area contributed by atoms with Gasteiger partial charge in [-0.1, -0.05) is 32.6 Å². The second-order valence-corrected chi connectivity index (χ2v) is 6.33. The van der Waals surface area contributed by atoms with Crippen LogP contribution in [0.25, 0.3) is 0 Å². The molecular formula is C15H22FN3O5S. The van der Waals surface area contributed by atoms with Gasteiger partial charge in [0.2, 0.25) is 0 Å². The van der Waals surface area contributed by atoms with Crippen LogP contribution in [0.5, 0.6) is 0 Å². The number of nitrogens with zero attached hydrogens (tertiary/aromatic N) is 1. The van der Waals surface area contributed by atoms with Crippen molar-refractivity contribution < 1.29 is 33.0 Å². The van der Waals surface area contributed by atoms with Gasteiger partial charge in [0.25, 0.3) is 5.85 Å². The highest BCUT2D eigenvalue weighted by atomic mass is 32.1. The molecule has 1 fully saturated rings. The van der Waals surface area contributed by atoms with E-state index >= 15 is 4.39 Å². The topological polar surface area (TPSA) is 117 Å². The van der Waals surface area contributed by atoms with E-state index in [4.69, 9.17) is 26.8 Å². The van der Waals surface area contributed by atoms with Crippen LogP contribution < -0.4 is 11.1 Å². The fourth-order valence-corrected chi connectivity index (χ4v) is 2.21. The molecule has 0 radical (unpaired) electrons. The SMILES string of the molecule is [2H]C([2H])(OC(=O)[C@@H](N)C(C)C)[C@@]1(F)O[C@@]([2H])(N2C=CC(=S)NC2=C)[C@H](O)[C@@H]1O. The van der Waals surface area contributed by atoms with Crippen LogP contribution in [-0.4, -0.2) is 62.9 Å². The van der Waals surface area contributed by atoms with Gasteiger partial charge in [-0.05, 0) is 12.0 Å². The van der Waals surface area contributed by atoms with Gasteiger partial charge in [-0.25, -0.2) is 4.39 Å². The summed E-state index contributed by atoms with van der Waals surface area (Å²) in [4.78, 5) is 13.0. The smallest absolute Gasteiger partial charge is 0.323 e. The van der Waals surface area contributed by atoms with Crippen molar-refractivity contribution in [3.05, 3.63) is 24.7 Å². The number of carbonyl (C=O) groups excluding carboxylic acids is 1. The first-order chi connectivity index (χ1) is 12.7. The molecule has 2 heterocycles. The van der Waals surface area contributed by atoms with Gasteiger partial charge in [0, 0.05) is 6.20 Å². The first kappa shape index (κ1) is 15.6. The second-order valence-electron chi connectivity index (χ2n) is 5.89. The number of ether oxygens (including phenoxy) is 2. The lowest BCUT2D eigenvalue weighted by Gasteiger charge is -2.33. The summed E-state index contributed by atoms with van der Waals surface area (Å²) in [5.41, 5.74) is 5.57. The predicted molar refractivity (Wildman–Crippen MR) is 90.4 cm³/mol. The fraction of sp³-hybridized carbons (Fsp3) is 0.600. The Bertz CT molecular complexity index is 727. The van der Waals surface area contributed by atoms with Crippen molar-refractivity contribution in [2.75, 3.05) is 6.56 Å². The van der Waals surface area contributed by atoms with Crippen LogP contribution in [0.3, 0.4) is 0 Å². The van der Waals surface area contributed by atoms with Crippen molar-refractivity contribution in [1.29, 1.82) is 0 Å². The van der Waals surface area contributed by atoms with Gasteiger partial charge in [0.1, 0.15) is 29.1 Å². The molecule has 2 rings (SSSR count). The molecule has 2 aliphatic rings. The number of rotatable bonds is 5. The van der Waals surface area contributed by atoms with Crippen LogP contribution in [0.2, 0.25) is 0 Å². The van der Waals surface area contributed by atoms with E-state index in [1.54, 1.807) is 13.8 Å². The molecule has 140 valence electrons. The largest absolute Gasteiger partial charge is 0.458 e. The van der Waals surface area contributed by atoms with Crippen LogP contribution in [-0.2, 0) is 14.3 Å². The van der Waals surface area contributed by atoms with Crippen LogP contribution in [0.4, 0.5) is 4.39 Å². The number of hydrogen-bond acceptors (Lipinski definition) is 8. The molecule has 0 aromatic rings. The molecule has 0 aromatic heterocycles. The van der Waals surface area contributed by atoms with E-state index in [2.05, 4.69) is 16.6 Å². The molecule has 0 bridgehead atoms. The zero-order chi connectivity index (χ0) is 21.7. The first-order valence-electron chi connectivity index (χ1n) is 8.88. The Morgan fingerprint density at radius 3 is 2.96 bits per heavy atom. The van der Waals surface area contributed by atoms with Gasteiger partial charge >= 0.3 is 5.97 Å². The van der Waals surface area contributed by atoms with Crippen LogP contribution >= 0.6 is 12.2 Å². The van der Waals surface area contributed by atoms with E-state index in [-0.39, 0.29) is 10.8 Å². The maximum atomic E-state index is 15.4. The molecule has 0 aliphatic carbocycles. The Morgan fingerprint density at radius 1 is 1.76 bits per heavy atom. The van der Waals surface area contributed by atoms with Gasteiger partial charge < -0.3 is 35.6 Å². The highest BCUT2D eigenvalue weighted by Gasteiger charge is 2.58. The summed E-state index contributed by atoms with van der Waals surface area (Å²) in [6, 6.07) is -1.27. The molecule has 10 heteroatoms. The normalized spacial score (nSPS) is 38.8. The Hall–Kier alpha value is -1.59. The van der Waals surface area contributed by atoms with Crippen molar-refractivity contribution in [2.45, 2.75) is 44.2 Å². The lowest BCUT2D eigenvalue weighted by molar-refractivity contribution is -0.219. The number of halogens is 1. The highest BCUT2D eigenvalue weighted by molar-refractivity contribution is 7.80. The van der Waals surface area contributed by atoms with Crippen molar-refractivity contribution >= 4 is 23.2 Å². The van der Waals surface area contributed by atoms with Gasteiger partial charge in [-0.3, -0.25) is 4.79 Å². The van der Waals surface area contributed by atoms with Gasteiger partial charge in [-0.15, -0.1) is 0 Å². The quantitative estimate of drug-likeness (QED) is 0.370. The zero-order valence-corrected chi connectivity index (χ0v) is 14.4. The third kappa shape index (κ3) is 3.98. The van der Waals surface area contributed by atoms with Crippen molar-refractivity contribution in [3.8, 4) is 0 Å². The van der Waals surface area contributed by atoms with Gasteiger partial charge in [0.05, 0.1) is 4.11 Å². The molecule has 0 spiro atoms. The van der Waals surface area contributed by atoms with Crippen molar-refractivity contribution in [3.63, 3.8) is 0 Å². The minimum atomic E-state index is -3.79. The summed E-state index contributed by atoms with van der Waals surface area (Å²) in [5.74, 6) is -5.59. The van der Waals surface area contributed by atoms with E-state index in [1.165, 1.54) is 6.08 Å². The fourth-order valence-electron chi connectivity index (χ4n) is 2.03. The van der Waals surface area contributed by atoms with E-state index < -0.39 is 48.8 Å². The average molecular weight is 378 g/mol. The van der Waals surface area contributed by atoms with Gasteiger partial charge in [-0.2, -0.15) is 0 Å². The predicted octanol–water partition coefficient (Wildman–Crippen LogP) is -0.526. The molecule has 1 saturated heterocycles. The zero-order valence-electron chi connectivity index (χ0n) is 16.6. The Labute approximate surface area is 154 Å². The van der Waals surface area contributed by atoms with E-state index in [0.29, 0.717) is 0 Å². The molecule has 0 saturated carbocycles. The van der Waals surface area contributed by atoms with E-state index in [0.717, 1.165) is 11.1 Å². The Morgan fingerprint density at radius 2 is 2.40 bits per heavy atom. The van der Waals surface area contributed by atoms with E-state index in [1.807, 2.05) is 0 Å².